The van der Waals surface area contributed by atoms with Crippen molar-refractivity contribution >= 4 is 0 Å². The molecule has 1 nitrogen and oxygen atoms in total. The van der Waals surface area contributed by atoms with Gasteiger partial charge in [-0.05, 0) is 55.8 Å². The van der Waals surface area contributed by atoms with Crippen molar-refractivity contribution in [2.75, 3.05) is 0 Å². The Morgan fingerprint density at radius 3 is 2.86 bits per heavy atom. The van der Waals surface area contributed by atoms with Crippen molar-refractivity contribution in [2.45, 2.75) is 72.8 Å². The Morgan fingerprint density at radius 1 is 1.38 bits per heavy atom. The smallest absolute Gasteiger partial charge is 0.0608 e. The summed E-state index contributed by atoms with van der Waals surface area (Å²) in [6.45, 7) is 9.64. The van der Waals surface area contributed by atoms with E-state index < -0.39 is 0 Å². The molecule has 0 aromatic rings. The van der Waals surface area contributed by atoms with E-state index in [1.165, 1.54) is 30.4 Å². The van der Waals surface area contributed by atoms with Gasteiger partial charge in [-0.1, -0.05) is 57.4 Å². The van der Waals surface area contributed by atoms with Gasteiger partial charge < -0.3 is 5.11 Å². The van der Waals surface area contributed by atoms with Gasteiger partial charge in [-0.15, -0.1) is 0 Å². The maximum Gasteiger partial charge on any atom is 0.0608 e. The molecule has 0 unspecified atom stereocenters. The Balaban J connectivity index is 2.09. The third kappa shape index (κ3) is 2.42. The van der Waals surface area contributed by atoms with Gasteiger partial charge in [0.1, 0.15) is 0 Å². The van der Waals surface area contributed by atoms with Gasteiger partial charge in [-0.2, -0.15) is 0 Å². The molecule has 0 aromatic carbocycles. The largest absolute Gasteiger partial charge is 0.392 e. The van der Waals surface area contributed by atoms with Crippen LogP contribution < -0.4 is 0 Å². The first-order valence-corrected chi connectivity index (χ1v) is 8.79. The zero-order valence-corrected chi connectivity index (χ0v) is 14.2. The van der Waals surface area contributed by atoms with E-state index in [-0.39, 0.29) is 11.5 Å². The summed E-state index contributed by atoms with van der Waals surface area (Å²) in [4.78, 5) is 0. The van der Waals surface area contributed by atoms with Crippen molar-refractivity contribution in [3.05, 3.63) is 22.8 Å². The van der Waals surface area contributed by atoms with E-state index in [4.69, 9.17) is 1.37 Å². The first kappa shape index (κ1) is 14.1. The molecular weight excluding hydrogens is 256 g/mol. The Bertz CT molecular complexity index is 506. The lowest BCUT2D eigenvalue weighted by molar-refractivity contribution is 0.0861. The SMILES string of the molecule is [2H]C[C@@H](C)C1=C2C[C@H](O)[C@H](C)[C@@H]3CC[C@H](C)/C3=C/[C@@]2(C)CC1. The second-order valence-electron chi connectivity index (χ2n) is 8.18. The molecule has 0 bridgehead atoms. The summed E-state index contributed by atoms with van der Waals surface area (Å²) in [7, 11) is 0. The molecule has 21 heavy (non-hydrogen) atoms. The topological polar surface area (TPSA) is 20.2 Å². The maximum absolute atomic E-state index is 10.8. The minimum atomic E-state index is -0.223. The second-order valence-corrected chi connectivity index (χ2v) is 8.18. The third-order valence-corrected chi connectivity index (χ3v) is 6.63. The predicted octanol–water partition coefficient (Wildman–Crippen LogP) is 5.11. The fourth-order valence-corrected chi connectivity index (χ4v) is 5.11. The Kier molecular flexibility index (Phi) is 3.52. The normalized spacial score (nSPS) is 47.9. The highest BCUT2D eigenvalue weighted by molar-refractivity contribution is 5.38. The minimum absolute atomic E-state index is 0.131. The highest BCUT2D eigenvalue weighted by atomic mass is 16.3. The van der Waals surface area contributed by atoms with Crippen LogP contribution in [0.4, 0.5) is 0 Å². The monoisotopic (exact) mass is 289 g/mol. The number of aliphatic hydroxyl groups excluding tert-OH is 1. The van der Waals surface area contributed by atoms with Crippen molar-refractivity contribution in [1.29, 1.82) is 0 Å². The molecule has 1 N–H and O–H groups in total. The maximum atomic E-state index is 10.8. The molecule has 0 spiro atoms. The molecule has 0 heterocycles. The molecule has 0 saturated heterocycles. The lowest BCUT2D eigenvalue weighted by Crippen LogP contribution is -2.31. The molecule has 1 fully saturated rings. The molecule has 0 aromatic heterocycles. The molecule has 0 amide bonds. The van der Waals surface area contributed by atoms with Crippen LogP contribution in [0.2, 0.25) is 0 Å². The van der Waals surface area contributed by atoms with E-state index in [2.05, 4.69) is 33.8 Å². The van der Waals surface area contributed by atoms with Crippen molar-refractivity contribution < 1.29 is 6.48 Å². The van der Waals surface area contributed by atoms with Gasteiger partial charge in [-0.25, -0.2) is 0 Å². The van der Waals surface area contributed by atoms with E-state index >= 15 is 0 Å². The summed E-state index contributed by atoms with van der Waals surface area (Å²) >= 11 is 0. The van der Waals surface area contributed by atoms with Crippen molar-refractivity contribution in [2.24, 2.45) is 29.1 Å². The zero-order valence-electron chi connectivity index (χ0n) is 15.2. The van der Waals surface area contributed by atoms with Gasteiger partial charge >= 0.3 is 0 Å². The van der Waals surface area contributed by atoms with Crippen LogP contribution in [0.15, 0.2) is 22.8 Å². The van der Waals surface area contributed by atoms with Crippen LogP contribution in [0.25, 0.3) is 0 Å². The Labute approximate surface area is 131 Å². The number of allylic oxidation sites excluding steroid dienone is 3. The van der Waals surface area contributed by atoms with Crippen LogP contribution in [0.3, 0.4) is 0 Å². The zero-order chi connectivity index (χ0) is 16.1. The van der Waals surface area contributed by atoms with Crippen molar-refractivity contribution in [3.63, 3.8) is 0 Å². The molecule has 118 valence electrons. The molecule has 1 saturated carbocycles. The Morgan fingerprint density at radius 2 is 2.14 bits per heavy atom. The number of aliphatic hydroxyl groups is 1. The van der Waals surface area contributed by atoms with Crippen LogP contribution in [0.5, 0.6) is 0 Å². The van der Waals surface area contributed by atoms with Crippen molar-refractivity contribution in [3.8, 4) is 0 Å². The Hall–Kier alpha value is -0.560. The molecule has 6 atom stereocenters. The van der Waals surface area contributed by atoms with Gasteiger partial charge in [0.2, 0.25) is 0 Å². The van der Waals surface area contributed by atoms with Crippen molar-refractivity contribution in [1.82, 2.24) is 0 Å². The average molecular weight is 289 g/mol. The number of hydrogen-bond acceptors (Lipinski definition) is 1. The predicted molar refractivity (Wildman–Crippen MR) is 89.0 cm³/mol. The van der Waals surface area contributed by atoms with E-state index in [0.29, 0.717) is 30.6 Å². The molecule has 0 radical (unpaired) electrons. The van der Waals surface area contributed by atoms with Crippen LogP contribution in [0, 0.1) is 29.1 Å². The van der Waals surface area contributed by atoms with Gasteiger partial charge in [0, 0.05) is 6.79 Å². The van der Waals surface area contributed by atoms with Gasteiger partial charge in [-0.3, -0.25) is 0 Å². The summed E-state index contributed by atoms with van der Waals surface area (Å²) in [5.41, 5.74) is 4.69. The van der Waals surface area contributed by atoms with Crippen LogP contribution in [-0.4, -0.2) is 11.2 Å². The number of hydrogen-bond donors (Lipinski definition) is 1. The molecule has 3 aliphatic rings. The molecule has 0 aliphatic heterocycles. The summed E-state index contributed by atoms with van der Waals surface area (Å²) in [5, 5.41) is 10.8. The van der Waals surface area contributed by atoms with Crippen LogP contribution in [-0.2, 0) is 0 Å². The summed E-state index contributed by atoms with van der Waals surface area (Å²) < 4.78 is 7.77. The lowest BCUT2D eigenvalue weighted by Gasteiger charge is -2.36. The summed E-state index contributed by atoms with van der Waals surface area (Å²) in [6, 6.07) is 0. The van der Waals surface area contributed by atoms with Gasteiger partial charge in [0.15, 0.2) is 0 Å². The number of rotatable bonds is 1. The lowest BCUT2D eigenvalue weighted by atomic mass is 9.70. The first-order valence-electron chi connectivity index (χ1n) is 9.50. The summed E-state index contributed by atoms with van der Waals surface area (Å²) in [6.07, 6.45) is 8.01. The summed E-state index contributed by atoms with van der Waals surface area (Å²) in [5.74, 6) is 1.96. The minimum Gasteiger partial charge on any atom is -0.392 e. The molecular formula is C20H32O. The van der Waals surface area contributed by atoms with E-state index in [1.54, 1.807) is 5.57 Å². The molecule has 3 aliphatic carbocycles. The molecule has 1 heteroatoms. The third-order valence-electron chi connectivity index (χ3n) is 6.63. The average Bonchev–Trinajstić information content (AvgIpc) is 2.99. The highest BCUT2D eigenvalue weighted by Gasteiger charge is 2.43. The quantitative estimate of drug-likeness (QED) is 0.665. The van der Waals surface area contributed by atoms with E-state index in [0.717, 1.165) is 12.8 Å². The van der Waals surface area contributed by atoms with Gasteiger partial charge in [0.25, 0.3) is 0 Å². The fraction of sp³-hybridized carbons (Fsp3) is 0.800. The highest BCUT2D eigenvalue weighted by Crippen LogP contribution is 2.54. The van der Waals surface area contributed by atoms with Crippen LogP contribution in [0.1, 0.15) is 68.1 Å². The van der Waals surface area contributed by atoms with Gasteiger partial charge in [0.05, 0.1) is 6.10 Å². The first-order chi connectivity index (χ1) is 10.4. The molecule has 3 rings (SSSR count). The standard InChI is InChI=1S/C20H32O/c1-12(2)15-8-9-20(5)11-17-13(3)6-7-16(17)14(4)19(21)10-18(15)20/h11-14,16,19,21H,6-10H2,1-5H3/b17-11-/t13-,14+,16-,19-,20+/m0/s1/i1D/t12-,13-,14+,16-,19-,20+. The second kappa shape index (κ2) is 5.26. The van der Waals surface area contributed by atoms with E-state index in [1.807, 2.05) is 0 Å². The van der Waals surface area contributed by atoms with E-state index in [9.17, 15) is 5.11 Å². The number of fused-ring (bicyclic) bond motifs is 2. The fourth-order valence-electron chi connectivity index (χ4n) is 5.11. The van der Waals surface area contributed by atoms with Crippen LogP contribution >= 0.6 is 0 Å².